The molecule has 1 aliphatic heterocycles. The Morgan fingerprint density at radius 1 is 1.12 bits per heavy atom. The molecular weight excluding hydrogens is 304 g/mol. The normalized spacial score (nSPS) is 47.9. The highest BCUT2D eigenvalue weighted by molar-refractivity contribution is 5.66. The summed E-state index contributed by atoms with van der Waals surface area (Å²) in [4.78, 5) is 11.5. The van der Waals surface area contributed by atoms with Gasteiger partial charge in [0.2, 0.25) is 0 Å². The molecule has 3 rings (SSSR count). The molecule has 0 unspecified atom stereocenters. The molecule has 0 N–H and O–H groups in total. The van der Waals surface area contributed by atoms with Crippen LogP contribution in [0.5, 0.6) is 0 Å². The van der Waals surface area contributed by atoms with Crippen molar-refractivity contribution in [2.45, 2.75) is 85.2 Å². The van der Waals surface area contributed by atoms with Crippen LogP contribution in [0, 0.1) is 29.1 Å². The van der Waals surface area contributed by atoms with Gasteiger partial charge >= 0.3 is 5.97 Å². The molecule has 7 atom stereocenters. The van der Waals surface area contributed by atoms with Gasteiger partial charge in [-0.1, -0.05) is 20.8 Å². The van der Waals surface area contributed by atoms with Crippen molar-refractivity contribution in [1.29, 1.82) is 0 Å². The van der Waals surface area contributed by atoms with E-state index in [0.717, 1.165) is 19.4 Å². The Kier molecular flexibility index (Phi) is 4.76. The smallest absolute Gasteiger partial charge is 0.302 e. The standard InChI is InChI=1S/C20H34O4/c1-12-11-22-19(4,5)24-18-15(12)7-9-20(6)10-8-16(23-14(3)21)13(2)17(18)20/h12-13,15-18H,7-11H2,1-6H3/t12-,13+,15+,16+,17-,18+,20+/m1/s1. The summed E-state index contributed by atoms with van der Waals surface area (Å²) in [5.74, 6) is 1.06. The van der Waals surface area contributed by atoms with E-state index in [1.807, 2.05) is 13.8 Å². The first-order chi connectivity index (χ1) is 11.1. The monoisotopic (exact) mass is 338 g/mol. The molecule has 3 aliphatic rings. The average Bonchev–Trinajstić information content (AvgIpc) is 2.58. The van der Waals surface area contributed by atoms with Crippen molar-refractivity contribution in [3.8, 4) is 0 Å². The summed E-state index contributed by atoms with van der Waals surface area (Å²) in [5, 5.41) is 0. The Morgan fingerprint density at radius 2 is 1.79 bits per heavy atom. The molecule has 0 aromatic heterocycles. The lowest BCUT2D eigenvalue weighted by atomic mass is 9.52. The molecule has 0 bridgehead atoms. The van der Waals surface area contributed by atoms with E-state index >= 15 is 0 Å². The molecule has 1 saturated heterocycles. The fourth-order valence-electron chi connectivity index (χ4n) is 5.65. The molecule has 1 heterocycles. The van der Waals surface area contributed by atoms with Crippen LogP contribution in [-0.2, 0) is 19.0 Å². The van der Waals surface area contributed by atoms with Crippen LogP contribution in [-0.4, -0.2) is 30.6 Å². The van der Waals surface area contributed by atoms with Gasteiger partial charge < -0.3 is 14.2 Å². The van der Waals surface area contributed by atoms with Gasteiger partial charge in [0.05, 0.1) is 12.7 Å². The molecule has 3 fully saturated rings. The number of carbonyl (C=O) groups excluding carboxylic acids is 1. The zero-order valence-corrected chi connectivity index (χ0v) is 16.1. The Balaban J connectivity index is 1.92. The van der Waals surface area contributed by atoms with Crippen molar-refractivity contribution in [1.82, 2.24) is 0 Å². The molecule has 0 amide bonds. The Labute approximate surface area is 146 Å². The number of carbonyl (C=O) groups is 1. The minimum atomic E-state index is -0.542. The summed E-state index contributed by atoms with van der Waals surface area (Å²) in [7, 11) is 0. The van der Waals surface area contributed by atoms with Crippen molar-refractivity contribution >= 4 is 5.97 Å². The highest BCUT2D eigenvalue weighted by atomic mass is 16.7. The van der Waals surface area contributed by atoms with E-state index in [2.05, 4.69) is 20.8 Å². The molecule has 0 radical (unpaired) electrons. The van der Waals surface area contributed by atoms with Crippen molar-refractivity contribution < 1.29 is 19.0 Å². The molecule has 0 aromatic carbocycles. The van der Waals surface area contributed by atoms with Gasteiger partial charge in [0.15, 0.2) is 5.79 Å². The number of rotatable bonds is 1. The van der Waals surface area contributed by atoms with Gasteiger partial charge in [0.25, 0.3) is 0 Å². The highest BCUT2D eigenvalue weighted by Crippen LogP contribution is 2.57. The molecule has 138 valence electrons. The molecule has 0 spiro atoms. The van der Waals surface area contributed by atoms with Gasteiger partial charge in [-0.2, -0.15) is 0 Å². The van der Waals surface area contributed by atoms with E-state index in [1.165, 1.54) is 19.8 Å². The van der Waals surface area contributed by atoms with Crippen LogP contribution in [0.2, 0.25) is 0 Å². The largest absolute Gasteiger partial charge is 0.462 e. The number of esters is 1. The van der Waals surface area contributed by atoms with Crippen molar-refractivity contribution in [2.24, 2.45) is 29.1 Å². The first-order valence-electron chi connectivity index (χ1n) is 9.62. The molecule has 2 aliphatic carbocycles. The van der Waals surface area contributed by atoms with E-state index in [9.17, 15) is 4.79 Å². The third kappa shape index (κ3) is 3.24. The van der Waals surface area contributed by atoms with Gasteiger partial charge in [-0.05, 0) is 68.6 Å². The Bertz CT molecular complexity index is 488. The maximum atomic E-state index is 11.5. The van der Waals surface area contributed by atoms with Crippen molar-refractivity contribution in [2.75, 3.05) is 6.61 Å². The van der Waals surface area contributed by atoms with Crippen molar-refractivity contribution in [3.63, 3.8) is 0 Å². The zero-order valence-electron chi connectivity index (χ0n) is 16.1. The van der Waals surface area contributed by atoms with Crippen molar-refractivity contribution in [3.05, 3.63) is 0 Å². The maximum absolute atomic E-state index is 11.5. The Hall–Kier alpha value is -0.610. The zero-order chi connectivity index (χ0) is 17.7. The van der Waals surface area contributed by atoms with Gasteiger partial charge in [0, 0.05) is 6.92 Å². The topological polar surface area (TPSA) is 44.8 Å². The lowest BCUT2D eigenvalue weighted by Gasteiger charge is -2.57. The van der Waals surface area contributed by atoms with E-state index < -0.39 is 5.79 Å². The Morgan fingerprint density at radius 3 is 2.46 bits per heavy atom. The molecular formula is C20H34O4. The summed E-state index contributed by atoms with van der Waals surface area (Å²) in [5.41, 5.74) is 0.275. The van der Waals surface area contributed by atoms with Gasteiger partial charge in [-0.3, -0.25) is 4.79 Å². The second kappa shape index (κ2) is 6.28. The predicted molar refractivity (Wildman–Crippen MR) is 92.3 cm³/mol. The van der Waals surface area contributed by atoms with E-state index in [1.54, 1.807) is 0 Å². The van der Waals surface area contributed by atoms with Crippen LogP contribution < -0.4 is 0 Å². The molecule has 4 nitrogen and oxygen atoms in total. The van der Waals surface area contributed by atoms with E-state index in [-0.39, 0.29) is 23.6 Å². The van der Waals surface area contributed by atoms with Crippen LogP contribution in [0.4, 0.5) is 0 Å². The van der Waals surface area contributed by atoms with E-state index in [0.29, 0.717) is 23.7 Å². The predicted octanol–water partition coefficient (Wildman–Crippen LogP) is 4.17. The third-order valence-corrected chi connectivity index (χ3v) is 6.94. The second-order valence-electron chi connectivity index (χ2n) is 9.20. The fraction of sp³-hybridized carbons (Fsp3) is 0.950. The SMILES string of the molecule is CC(=O)O[C@H]1CC[C@]2(C)CC[C@@H]3[C@H](OC(C)(C)OC[C@H]3C)[C@H]2[C@H]1C. The third-order valence-electron chi connectivity index (χ3n) is 6.94. The average molecular weight is 338 g/mol. The first-order valence-corrected chi connectivity index (χ1v) is 9.62. The number of hydrogen-bond donors (Lipinski definition) is 0. The van der Waals surface area contributed by atoms with Crippen LogP contribution in [0.3, 0.4) is 0 Å². The van der Waals surface area contributed by atoms with Gasteiger partial charge in [0.1, 0.15) is 6.10 Å². The van der Waals surface area contributed by atoms with Gasteiger partial charge in [-0.25, -0.2) is 0 Å². The van der Waals surface area contributed by atoms with Crippen LogP contribution in [0.25, 0.3) is 0 Å². The lowest BCUT2D eigenvalue weighted by molar-refractivity contribution is -0.262. The maximum Gasteiger partial charge on any atom is 0.302 e. The molecule has 24 heavy (non-hydrogen) atoms. The summed E-state index contributed by atoms with van der Waals surface area (Å²) < 4.78 is 18.3. The van der Waals surface area contributed by atoms with Crippen LogP contribution >= 0.6 is 0 Å². The summed E-state index contributed by atoms with van der Waals surface area (Å²) in [6.45, 7) is 13.3. The molecule has 2 saturated carbocycles. The summed E-state index contributed by atoms with van der Waals surface area (Å²) in [6.07, 6.45) is 4.74. The fourth-order valence-corrected chi connectivity index (χ4v) is 5.65. The first kappa shape index (κ1) is 18.2. The molecule has 4 heteroatoms. The quantitative estimate of drug-likeness (QED) is 0.673. The minimum absolute atomic E-state index is 0.0190. The summed E-state index contributed by atoms with van der Waals surface area (Å²) >= 11 is 0. The molecule has 0 aromatic rings. The lowest BCUT2D eigenvalue weighted by Crippen LogP contribution is -2.56. The van der Waals surface area contributed by atoms with E-state index in [4.69, 9.17) is 14.2 Å². The number of hydrogen-bond acceptors (Lipinski definition) is 4. The number of ether oxygens (including phenoxy) is 3. The van der Waals surface area contributed by atoms with Crippen LogP contribution in [0.15, 0.2) is 0 Å². The number of fused-ring (bicyclic) bond motifs is 3. The van der Waals surface area contributed by atoms with Gasteiger partial charge in [-0.15, -0.1) is 0 Å². The highest BCUT2D eigenvalue weighted by Gasteiger charge is 2.56. The van der Waals surface area contributed by atoms with Crippen LogP contribution in [0.1, 0.15) is 67.2 Å². The minimum Gasteiger partial charge on any atom is -0.462 e. The second-order valence-corrected chi connectivity index (χ2v) is 9.20. The summed E-state index contributed by atoms with van der Waals surface area (Å²) in [6, 6.07) is 0.